The molecule has 0 fully saturated rings. The van der Waals surface area contributed by atoms with Crippen LogP contribution in [0.2, 0.25) is 0 Å². The van der Waals surface area contributed by atoms with Gasteiger partial charge in [-0.3, -0.25) is 4.99 Å². The molecule has 1 aliphatic heterocycles. The van der Waals surface area contributed by atoms with Crippen LogP contribution in [0.25, 0.3) is 0 Å². The maximum Gasteiger partial charge on any atom is 0.116 e. The summed E-state index contributed by atoms with van der Waals surface area (Å²) in [6.07, 6.45) is 7.98. The summed E-state index contributed by atoms with van der Waals surface area (Å²) < 4.78 is 0. The Morgan fingerprint density at radius 2 is 2.27 bits per heavy atom. The van der Waals surface area contributed by atoms with E-state index >= 15 is 0 Å². The van der Waals surface area contributed by atoms with Crippen molar-refractivity contribution in [1.82, 2.24) is 9.97 Å². The van der Waals surface area contributed by atoms with Crippen molar-refractivity contribution >= 4 is 11.9 Å². The summed E-state index contributed by atoms with van der Waals surface area (Å²) in [6, 6.07) is 0. The largest absolute Gasteiger partial charge is 0.257 e. The van der Waals surface area contributed by atoms with Crippen molar-refractivity contribution in [2.45, 2.75) is 39.5 Å². The molecule has 0 amide bonds. The number of hydrogen-bond donors (Lipinski definition) is 0. The van der Waals surface area contributed by atoms with E-state index in [4.69, 9.17) is 0 Å². The molecule has 0 saturated carbocycles. The first kappa shape index (κ1) is 10.3. The van der Waals surface area contributed by atoms with Crippen molar-refractivity contribution in [2.75, 3.05) is 0 Å². The number of aromatic nitrogens is 2. The van der Waals surface area contributed by atoms with Crippen molar-refractivity contribution in [1.29, 1.82) is 0 Å². The van der Waals surface area contributed by atoms with Crippen molar-refractivity contribution in [3.63, 3.8) is 0 Å². The highest BCUT2D eigenvalue weighted by Crippen LogP contribution is 2.26. The summed E-state index contributed by atoms with van der Waals surface area (Å²) in [4.78, 5) is 13.2. The summed E-state index contributed by atoms with van der Waals surface area (Å²) in [5.41, 5.74) is 3.26. The Morgan fingerprint density at radius 3 is 3.07 bits per heavy atom. The highest BCUT2D eigenvalue weighted by Gasteiger charge is 2.13. The maximum absolute atomic E-state index is 4.54. The number of aliphatic imine (C=N–C) groups is 1. The molecule has 80 valence electrons. The Hall–Kier alpha value is -1.25. The minimum atomic E-state index is 0.550. The molecule has 1 unspecified atom stereocenters. The van der Waals surface area contributed by atoms with Crippen LogP contribution >= 0.6 is 0 Å². The average molecular weight is 203 g/mol. The highest BCUT2D eigenvalue weighted by atomic mass is 14.9. The molecule has 0 radical (unpaired) electrons. The summed E-state index contributed by atoms with van der Waals surface area (Å²) in [5, 5.41) is 0. The van der Waals surface area contributed by atoms with E-state index in [0.29, 0.717) is 5.92 Å². The van der Waals surface area contributed by atoms with Crippen LogP contribution in [0, 0.1) is 5.92 Å². The Morgan fingerprint density at radius 1 is 1.40 bits per heavy atom. The van der Waals surface area contributed by atoms with Gasteiger partial charge in [0.05, 0.1) is 11.4 Å². The van der Waals surface area contributed by atoms with E-state index in [2.05, 4.69) is 28.8 Å². The maximum atomic E-state index is 4.54. The lowest BCUT2D eigenvalue weighted by atomic mass is 10.1. The van der Waals surface area contributed by atoms with E-state index in [1.54, 1.807) is 6.33 Å². The Balaban J connectivity index is 2.39. The zero-order valence-electron chi connectivity index (χ0n) is 9.40. The van der Waals surface area contributed by atoms with Crippen LogP contribution in [0.5, 0.6) is 0 Å². The van der Waals surface area contributed by atoms with Crippen LogP contribution in [-0.2, 0) is 12.8 Å². The third kappa shape index (κ3) is 2.22. The van der Waals surface area contributed by atoms with Crippen molar-refractivity contribution < 1.29 is 0 Å². The van der Waals surface area contributed by atoms with Gasteiger partial charge in [0.1, 0.15) is 12.0 Å². The second-order valence-electron chi connectivity index (χ2n) is 4.16. The van der Waals surface area contributed by atoms with Gasteiger partial charge in [0.15, 0.2) is 0 Å². The molecule has 2 heterocycles. The van der Waals surface area contributed by atoms with Crippen LogP contribution < -0.4 is 0 Å². The van der Waals surface area contributed by atoms with E-state index in [1.807, 2.05) is 6.21 Å². The molecule has 0 aromatic carbocycles. The Labute approximate surface area is 90.7 Å². The monoisotopic (exact) mass is 203 g/mol. The molecular weight excluding hydrogens is 186 g/mol. The van der Waals surface area contributed by atoms with Gasteiger partial charge in [-0.1, -0.05) is 20.3 Å². The minimum absolute atomic E-state index is 0.550. The van der Waals surface area contributed by atoms with Crippen molar-refractivity contribution in [2.24, 2.45) is 10.9 Å². The lowest BCUT2D eigenvalue weighted by Crippen LogP contribution is -1.98. The van der Waals surface area contributed by atoms with Gasteiger partial charge in [-0.05, 0) is 25.2 Å². The molecule has 1 aromatic rings. The SMILES string of the molecule is CCCc1ncnc2c1N=CC(C)CC2. The quantitative estimate of drug-likeness (QED) is 0.741. The number of fused-ring (bicyclic) bond motifs is 1. The van der Waals surface area contributed by atoms with E-state index in [0.717, 1.165) is 42.8 Å². The van der Waals surface area contributed by atoms with Crippen molar-refractivity contribution in [3.05, 3.63) is 17.7 Å². The normalized spacial score (nSPS) is 19.7. The number of aryl methyl sites for hydroxylation is 2. The molecule has 0 bridgehead atoms. The number of hydrogen-bond acceptors (Lipinski definition) is 3. The smallest absolute Gasteiger partial charge is 0.116 e. The van der Waals surface area contributed by atoms with Crippen LogP contribution in [0.3, 0.4) is 0 Å². The molecule has 3 heteroatoms. The van der Waals surface area contributed by atoms with Gasteiger partial charge in [0, 0.05) is 6.21 Å². The fraction of sp³-hybridized carbons (Fsp3) is 0.583. The topological polar surface area (TPSA) is 38.1 Å². The van der Waals surface area contributed by atoms with Gasteiger partial charge >= 0.3 is 0 Å². The van der Waals surface area contributed by atoms with Crippen LogP contribution in [0.4, 0.5) is 5.69 Å². The van der Waals surface area contributed by atoms with Crippen LogP contribution in [-0.4, -0.2) is 16.2 Å². The molecule has 1 aromatic heterocycles. The van der Waals surface area contributed by atoms with Crippen LogP contribution in [0.1, 0.15) is 38.1 Å². The zero-order valence-corrected chi connectivity index (χ0v) is 9.40. The Kier molecular flexibility index (Phi) is 3.09. The molecule has 0 saturated heterocycles. The minimum Gasteiger partial charge on any atom is -0.257 e. The second kappa shape index (κ2) is 4.51. The van der Waals surface area contributed by atoms with Gasteiger partial charge in [-0.2, -0.15) is 0 Å². The third-order valence-electron chi connectivity index (χ3n) is 2.76. The van der Waals surface area contributed by atoms with Gasteiger partial charge in [-0.25, -0.2) is 9.97 Å². The zero-order chi connectivity index (χ0) is 10.7. The average Bonchev–Trinajstić information content (AvgIpc) is 2.43. The lowest BCUT2D eigenvalue weighted by molar-refractivity contribution is 0.690. The lowest BCUT2D eigenvalue weighted by Gasteiger charge is -2.06. The fourth-order valence-electron chi connectivity index (χ4n) is 1.85. The third-order valence-corrected chi connectivity index (χ3v) is 2.76. The Bertz CT molecular complexity index is 371. The van der Waals surface area contributed by atoms with Gasteiger partial charge < -0.3 is 0 Å². The van der Waals surface area contributed by atoms with E-state index in [1.165, 1.54) is 0 Å². The first-order chi connectivity index (χ1) is 7.31. The summed E-state index contributed by atoms with van der Waals surface area (Å²) in [6.45, 7) is 4.36. The summed E-state index contributed by atoms with van der Waals surface area (Å²) >= 11 is 0. The van der Waals surface area contributed by atoms with Gasteiger partial charge in [0.25, 0.3) is 0 Å². The van der Waals surface area contributed by atoms with Gasteiger partial charge in [-0.15, -0.1) is 0 Å². The second-order valence-corrected chi connectivity index (χ2v) is 4.16. The summed E-state index contributed by atoms with van der Waals surface area (Å²) in [5.74, 6) is 0.550. The first-order valence-electron chi connectivity index (χ1n) is 5.68. The molecule has 1 aliphatic rings. The predicted molar refractivity (Wildman–Crippen MR) is 61.7 cm³/mol. The van der Waals surface area contributed by atoms with E-state index < -0.39 is 0 Å². The van der Waals surface area contributed by atoms with Crippen LogP contribution in [0.15, 0.2) is 11.3 Å². The molecule has 0 spiro atoms. The summed E-state index contributed by atoms with van der Waals surface area (Å²) in [7, 11) is 0. The number of nitrogens with zero attached hydrogens (tertiary/aromatic N) is 3. The first-order valence-corrected chi connectivity index (χ1v) is 5.68. The predicted octanol–water partition coefficient (Wildman–Crippen LogP) is 2.71. The molecule has 3 nitrogen and oxygen atoms in total. The fourth-order valence-corrected chi connectivity index (χ4v) is 1.85. The highest BCUT2D eigenvalue weighted by molar-refractivity contribution is 5.68. The molecule has 2 rings (SSSR count). The molecule has 0 N–H and O–H groups in total. The van der Waals surface area contributed by atoms with Crippen molar-refractivity contribution in [3.8, 4) is 0 Å². The van der Waals surface area contributed by atoms with Gasteiger partial charge in [0.2, 0.25) is 0 Å². The molecule has 0 aliphatic carbocycles. The number of rotatable bonds is 2. The molecular formula is C12H17N3. The molecule has 15 heavy (non-hydrogen) atoms. The van der Waals surface area contributed by atoms with E-state index in [-0.39, 0.29) is 0 Å². The standard InChI is InChI=1S/C12H17N3/c1-3-4-10-12-11(15-8-14-10)6-5-9(2)7-13-12/h7-9H,3-6H2,1-2H3. The molecule has 1 atom stereocenters. The van der Waals surface area contributed by atoms with E-state index in [9.17, 15) is 0 Å².